The van der Waals surface area contributed by atoms with Gasteiger partial charge in [-0.2, -0.15) is 0 Å². The lowest BCUT2D eigenvalue weighted by Gasteiger charge is -2.34. The molecular formula is C20H28ClN3O2. The number of piperidine rings is 1. The summed E-state index contributed by atoms with van der Waals surface area (Å²) in [6, 6.07) is 7.73. The Morgan fingerprint density at radius 2 is 1.92 bits per heavy atom. The van der Waals surface area contributed by atoms with E-state index in [0.717, 1.165) is 49.6 Å². The smallest absolute Gasteiger partial charge is 0.227 e. The van der Waals surface area contributed by atoms with Crippen LogP contribution >= 0.6 is 11.6 Å². The molecule has 0 saturated carbocycles. The summed E-state index contributed by atoms with van der Waals surface area (Å²) in [4.78, 5) is 31.4. The van der Waals surface area contributed by atoms with Gasteiger partial charge in [-0.1, -0.05) is 23.7 Å². The highest BCUT2D eigenvalue weighted by Gasteiger charge is 2.32. The second-order valence-electron chi connectivity index (χ2n) is 7.43. The quantitative estimate of drug-likeness (QED) is 0.808. The van der Waals surface area contributed by atoms with Crippen LogP contribution < -0.4 is 0 Å². The van der Waals surface area contributed by atoms with Gasteiger partial charge in [0.25, 0.3) is 0 Å². The van der Waals surface area contributed by atoms with Gasteiger partial charge in [-0.15, -0.1) is 0 Å². The van der Waals surface area contributed by atoms with Crippen molar-refractivity contribution in [3.63, 3.8) is 0 Å². The molecule has 0 aliphatic carbocycles. The molecule has 0 N–H and O–H groups in total. The molecule has 5 nitrogen and oxygen atoms in total. The second kappa shape index (κ2) is 8.87. The fourth-order valence-electron chi connectivity index (χ4n) is 3.77. The Morgan fingerprint density at radius 3 is 2.69 bits per heavy atom. The lowest BCUT2D eigenvalue weighted by Crippen LogP contribution is -2.48. The number of likely N-dealkylation sites (tertiary alicyclic amines) is 1. The predicted molar refractivity (Wildman–Crippen MR) is 103 cm³/mol. The van der Waals surface area contributed by atoms with E-state index in [-0.39, 0.29) is 17.7 Å². The number of likely N-dealkylation sites (N-methyl/N-ethyl adjacent to an activating group) is 1. The van der Waals surface area contributed by atoms with Crippen molar-refractivity contribution in [2.24, 2.45) is 5.92 Å². The minimum atomic E-state index is -0.0543. The minimum Gasteiger partial charge on any atom is -0.342 e. The van der Waals surface area contributed by atoms with Crippen LogP contribution in [0.4, 0.5) is 0 Å². The van der Waals surface area contributed by atoms with Gasteiger partial charge in [-0.05, 0) is 50.6 Å². The zero-order valence-corrected chi connectivity index (χ0v) is 16.2. The van der Waals surface area contributed by atoms with Crippen LogP contribution in [0.25, 0.3) is 0 Å². The Bertz CT molecular complexity index is 634. The third-order valence-electron chi connectivity index (χ3n) is 5.46. The number of benzene rings is 1. The summed E-state index contributed by atoms with van der Waals surface area (Å²) in [5, 5.41) is 0.719. The number of hydrogen-bond donors (Lipinski definition) is 0. The molecule has 2 amide bonds. The molecule has 2 heterocycles. The number of rotatable bonds is 4. The van der Waals surface area contributed by atoms with Gasteiger partial charge in [0.15, 0.2) is 0 Å². The van der Waals surface area contributed by atoms with Gasteiger partial charge >= 0.3 is 0 Å². The molecule has 0 radical (unpaired) electrons. The molecule has 26 heavy (non-hydrogen) atoms. The Hall–Kier alpha value is -1.59. The van der Waals surface area contributed by atoms with Gasteiger partial charge in [0, 0.05) is 44.2 Å². The first kappa shape index (κ1) is 19.2. The van der Waals surface area contributed by atoms with Crippen molar-refractivity contribution < 1.29 is 9.59 Å². The summed E-state index contributed by atoms with van der Waals surface area (Å²) in [5.74, 6) is 0.337. The SMILES string of the molecule is CN1CCCN(C(=O)C2CCC(=O)N(CCc3ccc(Cl)cc3)C2)CC1. The molecule has 1 aromatic rings. The van der Waals surface area contributed by atoms with Gasteiger partial charge in [0.05, 0.1) is 5.92 Å². The third-order valence-corrected chi connectivity index (χ3v) is 5.72. The molecule has 1 atom stereocenters. The van der Waals surface area contributed by atoms with Crippen LogP contribution in [-0.4, -0.2) is 72.8 Å². The number of halogens is 1. The topological polar surface area (TPSA) is 43.9 Å². The first-order valence-corrected chi connectivity index (χ1v) is 9.90. The van der Waals surface area contributed by atoms with E-state index in [2.05, 4.69) is 11.9 Å². The highest BCUT2D eigenvalue weighted by molar-refractivity contribution is 6.30. The van der Waals surface area contributed by atoms with E-state index in [1.54, 1.807) is 0 Å². The molecule has 0 spiro atoms. The van der Waals surface area contributed by atoms with Crippen molar-refractivity contribution in [3.8, 4) is 0 Å². The van der Waals surface area contributed by atoms with Gasteiger partial charge in [-0.3, -0.25) is 9.59 Å². The van der Waals surface area contributed by atoms with Crippen LogP contribution in [0.1, 0.15) is 24.8 Å². The molecule has 1 aromatic carbocycles. The van der Waals surface area contributed by atoms with Crippen molar-refractivity contribution in [1.29, 1.82) is 0 Å². The van der Waals surface area contributed by atoms with Crippen LogP contribution in [0.3, 0.4) is 0 Å². The van der Waals surface area contributed by atoms with Crippen molar-refractivity contribution >= 4 is 23.4 Å². The van der Waals surface area contributed by atoms with Gasteiger partial charge in [-0.25, -0.2) is 0 Å². The van der Waals surface area contributed by atoms with E-state index in [9.17, 15) is 9.59 Å². The maximum atomic E-state index is 12.9. The second-order valence-corrected chi connectivity index (χ2v) is 7.87. The number of amides is 2. The Morgan fingerprint density at radius 1 is 1.15 bits per heavy atom. The normalized spacial score (nSPS) is 22.4. The number of nitrogens with zero attached hydrogens (tertiary/aromatic N) is 3. The molecule has 0 bridgehead atoms. The number of hydrogen-bond acceptors (Lipinski definition) is 3. The maximum Gasteiger partial charge on any atom is 0.227 e. The fraction of sp³-hybridized carbons (Fsp3) is 0.600. The molecule has 142 valence electrons. The average molecular weight is 378 g/mol. The van der Waals surface area contributed by atoms with E-state index < -0.39 is 0 Å². The molecule has 6 heteroatoms. The molecular weight excluding hydrogens is 350 g/mol. The van der Waals surface area contributed by atoms with Crippen LogP contribution in [0.15, 0.2) is 24.3 Å². The van der Waals surface area contributed by atoms with Crippen molar-refractivity contribution in [1.82, 2.24) is 14.7 Å². The Kier molecular flexibility index (Phi) is 6.54. The molecule has 2 aliphatic rings. The van der Waals surface area contributed by atoms with Crippen molar-refractivity contribution in [2.75, 3.05) is 46.3 Å². The summed E-state index contributed by atoms with van der Waals surface area (Å²) in [5.41, 5.74) is 1.16. The van der Waals surface area contributed by atoms with Crippen LogP contribution in [0.5, 0.6) is 0 Å². The highest BCUT2D eigenvalue weighted by atomic mass is 35.5. The lowest BCUT2D eigenvalue weighted by molar-refractivity contribution is -0.143. The Labute approximate surface area is 160 Å². The molecule has 1 unspecified atom stereocenters. The predicted octanol–water partition coefficient (Wildman–Crippen LogP) is 2.29. The van der Waals surface area contributed by atoms with Crippen LogP contribution in [-0.2, 0) is 16.0 Å². The van der Waals surface area contributed by atoms with Gasteiger partial charge < -0.3 is 14.7 Å². The van der Waals surface area contributed by atoms with Gasteiger partial charge in [0.2, 0.25) is 11.8 Å². The zero-order valence-electron chi connectivity index (χ0n) is 15.5. The monoisotopic (exact) mass is 377 g/mol. The van der Waals surface area contributed by atoms with Crippen LogP contribution in [0, 0.1) is 5.92 Å². The summed E-state index contributed by atoms with van der Waals surface area (Å²) in [6.07, 6.45) is 2.97. The minimum absolute atomic E-state index is 0.0543. The van der Waals surface area contributed by atoms with Crippen molar-refractivity contribution in [3.05, 3.63) is 34.9 Å². The lowest BCUT2D eigenvalue weighted by atomic mass is 9.95. The van der Waals surface area contributed by atoms with E-state index in [4.69, 9.17) is 11.6 Å². The van der Waals surface area contributed by atoms with Gasteiger partial charge in [0.1, 0.15) is 0 Å². The molecule has 2 fully saturated rings. The highest BCUT2D eigenvalue weighted by Crippen LogP contribution is 2.21. The molecule has 3 rings (SSSR count). The maximum absolute atomic E-state index is 12.9. The largest absolute Gasteiger partial charge is 0.342 e. The standard InChI is InChI=1S/C20H28ClN3O2/c1-22-10-2-11-23(14-13-22)20(26)17-5-8-19(25)24(15-17)12-9-16-3-6-18(21)7-4-16/h3-4,6-7,17H,2,5,8-15H2,1H3. The fourth-order valence-corrected chi connectivity index (χ4v) is 3.90. The summed E-state index contributed by atoms with van der Waals surface area (Å²) < 4.78 is 0. The zero-order chi connectivity index (χ0) is 18.5. The molecule has 2 aliphatic heterocycles. The summed E-state index contributed by atoms with van der Waals surface area (Å²) in [7, 11) is 2.10. The average Bonchev–Trinajstić information content (AvgIpc) is 2.86. The first-order chi connectivity index (χ1) is 12.5. The third kappa shape index (κ3) is 4.98. The van der Waals surface area contributed by atoms with E-state index in [0.29, 0.717) is 25.9 Å². The first-order valence-electron chi connectivity index (χ1n) is 9.52. The summed E-state index contributed by atoms with van der Waals surface area (Å²) in [6.45, 7) is 4.81. The molecule has 0 aromatic heterocycles. The van der Waals surface area contributed by atoms with E-state index in [1.807, 2.05) is 34.1 Å². The van der Waals surface area contributed by atoms with E-state index in [1.165, 1.54) is 0 Å². The van der Waals surface area contributed by atoms with Crippen LogP contribution in [0.2, 0.25) is 5.02 Å². The number of carbonyl (C=O) groups excluding carboxylic acids is 2. The molecule has 2 saturated heterocycles. The number of carbonyl (C=O) groups is 2. The Balaban J connectivity index is 1.55. The van der Waals surface area contributed by atoms with Crippen molar-refractivity contribution in [2.45, 2.75) is 25.7 Å². The summed E-state index contributed by atoms with van der Waals surface area (Å²) >= 11 is 5.92. The van der Waals surface area contributed by atoms with E-state index >= 15 is 0 Å².